The first-order valence-electron chi connectivity index (χ1n) is 8.13. The van der Waals surface area contributed by atoms with E-state index in [2.05, 4.69) is 0 Å². The van der Waals surface area contributed by atoms with Crippen LogP contribution in [0.5, 0.6) is 0 Å². The number of carboxylic acids is 1. The van der Waals surface area contributed by atoms with E-state index in [0.29, 0.717) is 17.8 Å². The summed E-state index contributed by atoms with van der Waals surface area (Å²) in [5.41, 5.74) is -0.501. The van der Waals surface area contributed by atoms with Crippen LogP contribution in [0, 0.1) is 23.2 Å². The molecular formula is C16H26N2O3. The van der Waals surface area contributed by atoms with Gasteiger partial charge < -0.3 is 14.9 Å². The molecule has 1 aliphatic heterocycles. The Morgan fingerprint density at radius 2 is 1.62 bits per heavy atom. The smallest absolute Gasteiger partial charge is 0.319 e. The SMILES string of the molecule is CN(C)C(=O)N1CC2CC(C(=O)O)(C3CCCC3)CC2C1. The maximum absolute atomic E-state index is 12.1. The predicted molar refractivity (Wildman–Crippen MR) is 78.9 cm³/mol. The first kappa shape index (κ1) is 14.7. The van der Waals surface area contributed by atoms with Crippen molar-refractivity contribution in [3.8, 4) is 0 Å². The van der Waals surface area contributed by atoms with Crippen molar-refractivity contribution in [2.45, 2.75) is 38.5 Å². The van der Waals surface area contributed by atoms with Gasteiger partial charge in [0.05, 0.1) is 5.41 Å². The van der Waals surface area contributed by atoms with Crippen LogP contribution < -0.4 is 0 Å². The summed E-state index contributed by atoms with van der Waals surface area (Å²) < 4.78 is 0. The molecule has 3 fully saturated rings. The van der Waals surface area contributed by atoms with Gasteiger partial charge in [0, 0.05) is 27.2 Å². The lowest BCUT2D eigenvalue weighted by Gasteiger charge is -2.33. The average Bonchev–Trinajstić information content (AvgIpc) is 3.11. The van der Waals surface area contributed by atoms with Gasteiger partial charge in [0.15, 0.2) is 0 Å². The predicted octanol–water partition coefficient (Wildman–Crippen LogP) is 2.27. The van der Waals surface area contributed by atoms with Gasteiger partial charge in [-0.3, -0.25) is 4.79 Å². The van der Waals surface area contributed by atoms with Crippen LogP contribution in [0.4, 0.5) is 4.79 Å². The Labute approximate surface area is 126 Å². The van der Waals surface area contributed by atoms with Gasteiger partial charge in [0.25, 0.3) is 0 Å². The maximum Gasteiger partial charge on any atom is 0.319 e. The van der Waals surface area contributed by atoms with Crippen LogP contribution in [0.15, 0.2) is 0 Å². The minimum Gasteiger partial charge on any atom is -0.481 e. The van der Waals surface area contributed by atoms with E-state index in [0.717, 1.165) is 38.8 Å². The zero-order chi connectivity index (χ0) is 15.2. The van der Waals surface area contributed by atoms with Crippen LogP contribution in [0.3, 0.4) is 0 Å². The number of carboxylic acid groups (broad SMARTS) is 1. The van der Waals surface area contributed by atoms with Gasteiger partial charge in [0.2, 0.25) is 0 Å². The van der Waals surface area contributed by atoms with Crippen LogP contribution in [-0.2, 0) is 4.79 Å². The van der Waals surface area contributed by atoms with Crippen molar-refractivity contribution in [2.24, 2.45) is 23.2 Å². The molecule has 2 atom stereocenters. The van der Waals surface area contributed by atoms with Crippen LogP contribution >= 0.6 is 0 Å². The number of hydrogen-bond acceptors (Lipinski definition) is 2. The molecule has 1 heterocycles. The minimum absolute atomic E-state index is 0.0613. The van der Waals surface area contributed by atoms with E-state index in [1.807, 2.05) is 4.90 Å². The highest BCUT2D eigenvalue weighted by molar-refractivity contribution is 5.77. The molecule has 2 saturated carbocycles. The van der Waals surface area contributed by atoms with Crippen molar-refractivity contribution in [1.29, 1.82) is 0 Å². The number of carbonyl (C=O) groups excluding carboxylic acids is 1. The van der Waals surface area contributed by atoms with E-state index < -0.39 is 11.4 Å². The van der Waals surface area contributed by atoms with E-state index in [9.17, 15) is 14.7 Å². The van der Waals surface area contributed by atoms with E-state index in [4.69, 9.17) is 0 Å². The topological polar surface area (TPSA) is 60.9 Å². The van der Waals surface area contributed by atoms with Crippen molar-refractivity contribution < 1.29 is 14.7 Å². The third-order valence-corrected chi connectivity index (χ3v) is 6.05. The molecule has 0 radical (unpaired) electrons. The molecule has 3 aliphatic rings. The minimum atomic E-state index is -0.589. The lowest BCUT2D eigenvalue weighted by Crippen LogP contribution is -2.41. The molecule has 5 heteroatoms. The molecule has 0 aromatic rings. The summed E-state index contributed by atoms with van der Waals surface area (Å²) >= 11 is 0. The number of fused-ring (bicyclic) bond motifs is 1. The Balaban J connectivity index is 1.72. The van der Waals surface area contributed by atoms with Crippen molar-refractivity contribution >= 4 is 12.0 Å². The molecule has 2 unspecified atom stereocenters. The van der Waals surface area contributed by atoms with Gasteiger partial charge in [0.1, 0.15) is 0 Å². The lowest BCUT2D eigenvalue weighted by molar-refractivity contribution is -0.152. The molecule has 5 nitrogen and oxygen atoms in total. The first-order valence-corrected chi connectivity index (χ1v) is 8.13. The molecule has 0 spiro atoms. The zero-order valence-corrected chi connectivity index (χ0v) is 13.0. The fraction of sp³-hybridized carbons (Fsp3) is 0.875. The van der Waals surface area contributed by atoms with Gasteiger partial charge in [-0.2, -0.15) is 0 Å². The summed E-state index contributed by atoms with van der Waals surface area (Å²) in [5.74, 6) is 0.532. The van der Waals surface area contributed by atoms with Crippen molar-refractivity contribution in [3.05, 3.63) is 0 Å². The molecule has 0 aromatic carbocycles. The standard InChI is InChI=1S/C16H26N2O3/c1-17(2)15(21)18-9-11-7-16(14(19)20,8-12(11)10-18)13-5-3-4-6-13/h11-13H,3-10H2,1-2H3,(H,19,20). The first-order chi connectivity index (χ1) is 9.94. The Kier molecular flexibility index (Phi) is 3.62. The second-order valence-electron chi connectivity index (χ2n) is 7.45. The normalized spacial score (nSPS) is 36.0. The number of aliphatic carboxylic acids is 1. The number of hydrogen-bond donors (Lipinski definition) is 1. The number of nitrogens with zero attached hydrogens (tertiary/aromatic N) is 2. The second kappa shape index (κ2) is 5.18. The third kappa shape index (κ3) is 2.30. The maximum atomic E-state index is 12.1. The highest BCUT2D eigenvalue weighted by Gasteiger charge is 2.57. The van der Waals surface area contributed by atoms with Crippen LogP contribution in [0.25, 0.3) is 0 Å². The van der Waals surface area contributed by atoms with Gasteiger partial charge in [-0.15, -0.1) is 0 Å². The van der Waals surface area contributed by atoms with E-state index >= 15 is 0 Å². The van der Waals surface area contributed by atoms with Crippen LogP contribution in [-0.4, -0.2) is 54.1 Å². The average molecular weight is 294 g/mol. The molecule has 0 bridgehead atoms. The summed E-state index contributed by atoms with van der Waals surface area (Å²) in [6.07, 6.45) is 6.06. The van der Waals surface area contributed by atoms with Gasteiger partial charge >= 0.3 is 12.0 Å². The number of amides is 2. The Morgan fingerprint density at radius 1 is 1.10 bits per heavy atom. The Hall–Kier alpha value is -1.26. The Morgan fingerprint density at radius 3 is 2.05 bits per heavy atom. The highest BCUT2D eigenvalue weighted by Crippen LogP contribution is 2.56. The van der Waals surface area contributed by atoms with Crippen LogP contribution in [0.1, 0.15) is 38.5 Å². The number of likely N-dealkylation sites (tertiary alicyclic amines) is 1. The van der Waals surface area contributed by atoms with Gasteiger partial charge in [-0.1, -0.05) is 12.8 Å². The molecule has 2 aliphatic carbocycles. The third-order valence-electron chi connectivity index (χ3n) is 6.05. The molecule has 1 N–H and O–H groups in total. The van der Waals surface area contributed by atoms with Crippen LogP contribution in [0.2, 0.25) is 0 Å². The monoisotopic (exact) mass is 294 g/mol. The summed E-state index contributed by atoms with van der Waals surface area (Å²) in [6, 6.07) is 0.0613. The van der Waals surface area contributed by atoms with Crippen molar-refractivity contribution in [2.75, 3.05) is 27.2 Å². The second-order valence-corrected chi connectivity index (χ2v) is 7.45. The zero-order valence-electron chi connectivity index (χ0n) is 13.0. The van der Waals surface area contributed by atoms with E-state index in [1.54, 1.807) is 19.0 Å². The molecule has 21 heavy (non-hydrogen) atoms. The fourth-order valence-electron chi connectivity index (χ4n) is 5.02. The van der Waals surface area contributed by atoms with Crippen molar-refractivity contribution in [1.82, 2.24) is 9.80 Å². The lowest BCUT2D eigenvalue weighted by atomic mass is 9.72. The molecule has 1 saturated heterocycles. The number of rotatable bonds is 2. The summed E-state index contributed by atoms with van der Waals surface area (Å²) in [5, 5.41) is 9.85. The molecule has 3 rings (SSSR count). The van der Waals surface area contributed by atoms with E-state index in [-0.39, 0.29) is 6.03 Å². The van der Waals surface area contributed by atoms with Crippen molar-refractivity contribution in [3.63, 3.8) is 0 Å². The largest absolute Gasteiger partial charge is 0.481 e. The Bertz CT molecular complexity index is 429. The highest BCUT2D eigenvalue weighted by atomic mass is 16.4. The van der Waals surface area contributed by atoms with E-state index in [1.165, 1.54) is 12.8 Å². The number of carbonyl (C=O) groups is 2. The molecule has 118 valence electrons. The molecular weight excluding hydrogens is 268 g/mol. The molecule has 2 amide bonds. The van der Waals surface area contributed by atoms with Gasteiger partial charge in [-0.05, 0) is 43.4 Å². The van der Waals surface area contributed by atoms with Gasteiger partial charge in [-0.25, -0.2) is 4.79 Å². The molecule has 0 aromatic heterocycles. The quantitative estimate of drug-likeness (QED) is 0.850. The summed E-state index contributed by atoms with van der Waals surface area (Å²) in [6.45, 7) is 1.48. The summed E-state index contributed by atoms with van der Waals surface area (Å²) in [4.78, 5) is 27.6. The number of urea groups is 1. The summed E-state index contributed by atoms with van der Waals surface area (Å²) in [7, 11) is 3.55. The fourth-order valence-corrected chi connectivity index (χ4v) is 5.02.